The molecule has 0 atom stereocenters. The van der Waals surface area contributed by atoms with Gasteiger partial charge >= 0.3 is 35.0 Å². The molecule has 0 aromatic rings. The molecule has 0 heterocycles. The van der Waals surface area contributed by atoms with Crippen LogP contribution in [0.1, 0.15) is 142 Å². The number of hydrogen-bond donors (Lipinski definition) is 0. The van der Waals surface area contributed by atoms with E-state index in [0.717, 1.165) is 0 Å². The molecular formula is C27H50Cl2P2Pd. The van der Waals surface area contributed by atoms with Crippen molar-refractivity contribution in [1.82, 2.24) is 0 Å². The van der Waals surface area contributed by atoms with E-state index in [2.05, 4.69) is 6.92 Å². The van der Waals surface area contributed by atoms with Crippen molar-refractivity contribution in [3.63, 3.8) is 0 Å². The number of halogens is 2. The van der Waals surface area contributed by atoms with Crippen molar-refractivity contribution in [2.24, 2.45) is 0 Å². The van der Waals surface area contributed by atoms with Gasteiger partial charge in [0.2, 0.25) is 0 Å². The zero-order valence-electron chi connectivity index (χ0n) is 20.7. The van der Waals surface area contributed by atoms with Crippen LogP contribution in [0.3, 0.4) is 0 Å². The van der Waals surface area contributed by atoms with Crippen molar-refractivity contribution in [3.8, 4) is 0 Å². The van der Waals surface area contributed by atoms with Crippen LogP contribution in [0.5, 0.6) is 0 Å². The Labute approximate surface area is 219 Å². The van der Waals surface area contributed by atoms with E-state index in [1.54, 1.807) is 135 Å². The molecule has 32 heavy (non-hydrogen) atoms. The molecule has 0 unspecified atom stereocenters. The van der Waals surface area contributed by atoms with Gasteiger partial charge in [-0.25, -0.2) is 0 Å². The summed E-state index contributed by atoms with van der Waals surface area (Å²) < 4.78 is 0. The third kappa shape index (κ3) is 8.60. The van der Waals surface area contributed by atoms with Gasteiger partial charge in [-0.05, 0) is 80.4 Å². The number of rotatable bonds is 7. The first-order chi connectivity index (χ1) is 15.8. The summed E-state index contributed by atoms with van der Waals surface area (Å²) in [5.74, 6) is 0. The summed E-state index contributed by atoms with van der Waals surface area (Å²) in [7, 11) is 10.2. The first-order valence-corrected chi connectivity index (χ1v) is 21.3. The van der Waals surface area contributed by atoms with Crippen molar-refractivity contribution in [3.05, 3.63) is 0 Å². The molecule has 5 heteroatoms. The summed E-state index contributed by atoms with van der Waals surface area (Å²) in [4.78, 5) is 0. The molecule has 0 spiro atoms. The molecule has 0 aliphatic heterocycles. The summed E-state index contributed by atoms with van der Waals surface area (Å²) in [6.45, 7) is 2.65. The van der Waals surface area contributed by atoms with Crippen LogP contribution in [-0.4, -0.2) is 28.0 Å². The molecule has 0 N–H and O–H groups in total. The van der Waals surface area contributed by atoms with Crippen molar-refractivity contribution >= 4 is 34.9 Å². The zero-order valence-corrected chi connectivity index (χ0v) is 25.6. The predicted octanol–water partition coefficient (Wildman–Crippen LogP) is 11.4. The Bertz CT molecular complexity index is 394. The van der Waals surface area contributed by atoms with Crippen molar-refractivity contribution < 1.29 is 15.9 Å². The molecule has 0 aromatic heterocycles. The van der Waals surface area contributed by atoms with E-state index < -0.39 is 0 Å². The molecule has 0 nitrogen and oxygen atoms in total. The van der Waals surface area contributed by atoms with Crippen LogP contribution < -0.4 is 0 Å². The van der Waals surface area contributed by atoms with Crippen LogP contribution in [0.25, 0.3) is 0 Å². The molecular weight excluding hydrogens is 564 g/mol. The van der Waals surface area contributed by atoms with Crippen molar-refractivity contribution in [1.29, 1.82) is 0 Å². The van der Waals surface area contributed by atoms with Gasteiger partial charge in [-0.2, -0.15) is 0 Å². The molecule has 0 amide bonds. The summed E-state index contributed by atoms with van der Waals surface area (Å²) in [6, 6.07) is 0. The van der Waals surface area contributed by atoms with E-state index in [1.807, 2.05) is 0 Å². The third-order valence-electron chi connectivity index (χ3n) is 9.04. The maximum atomic E-state index is 4.81. The van der Waals surface area contributed by atoms with E-state index in [1.165, 1.54) is 28.0 Å². The van der Waals surface area contributed by atoms with Gasteiger partial charge in [0.05, 0.1) is 0 Å². The van der Waals surface area contributed by atoms with E-state index >= 15 is 0 Å². The molecule has 4 fully saturated rings. The molecule has 4 aliphatic rings. The monoisotopic (exact) mass is 612 g/mol. The SMILES string of the molecule is CCC(P(C1CCCCC1)C1CCCCC1)P(C1CCCCC1)C1CCCCC1.[Cl][Pd][Cl]. The molecule has 4 rings (SSSR count). The minimum atomic E-state index is -0.106. The van der Waals surface area contributed by atoms with Gasteiger partial charge in [-0.3, -0.25) is 0 Å². The van der Waals surface area contributed by atoms with E-state index in [4.69, 9.17) is 19.1 Å². The zero-order chi connectivity index (χ0) is 22.6. The fourth-order valence-electron chi connectivity index (χ4n) is 7.66. The molecule has 0 saturated heterocycles. The van der Waals surface area contributed by atoms with Gasteiger partial charge in [-0.1, -0.05) is 99.8 Å². The van der Waals surface area contributed by atoms with E-state index in [0.29, 0.717) is 0 Å². The van der Waals surface area contributed by atoms with Crippen molar-refractivity contribution in [2.75, 3.05) is 0 Å². The Morgan fingerprint density at radius 3 is 0.938 bits per heavy atom. The Balaban J connectivity index is 0.000000913. The first-order valence-electron chi connectivity index (χ1n) is 14.2. The van der Waals surface area contributed by atoms with Gasteiger partial charge in [0, 0.05) is 5.40 Å². The second-order valence-electron chi connectivity index (χ2n) is 11.0. The average Bonchev–Trinajstić information content (AvgIpc) is 2.87. The summed E-state index contributed by atoms with van der Waals surface area (Å²) in [5.41, 5.74) is 4.68. The third-order valence-corrected chi connectivity index (χ3v) is 18.2. The van der Waals surface area contributed by atoms with Crippen LogP contribution in [0, 0.1) is 0 Å². The Hall–Kier alpha value is 2.10. The normalized spacial score (nSPS) is 25.4. The van der Waals surface area contributed by atoms with Gasteiger partial charge < -0.3 is 0 Å². The van der Waals surface area contributed by atoms with Crippen LogP contribution in [0.4, 0.5) is 0 Å². The summed E-state index contributed by atoms with van der Waals surface area (Å²) in [6.07, 6.45) is 33.2. The van der Waals surface area contributed by atoms with Crippen LogP contribution in [0.2, 0.25) is 0 Å². The molecule has 0 radical (unpaired) electrons. The van der Waals surface area contributed by atoms with Gasteiger partial charge in [0.25, 0.3) is 0 Å². The molecule has 192 valence electrons. The molecule has 4 aliphatic carbocycles. The summed E-state index contributed by atoms with van der Waals surface area (Å²) >= 11 is -0.106. The minimum absolute atomic E-state index is 0.106. The number of hydrogen-bond acceptors (Lipinski definition) is 0. The standard InChI is InChI=1S/C27H50P2.2ClH.Pd/c1-2-27(28(23-15-7-3-8-16-23)24-17-9-4-10-18-24)29(25-19-11-5-12-20-25)26-21-13-6-14-22-26;;;/h23-27H,2-22H2,1H3;2*1H;/q;;;+2/p-2. The van der Waals surface area contributed by atoms with Crippen LogP contribution in [0.15, 0.2) is 0 Å². The first kappa shape index (κ1) is 28.7. The van der Waals surface area contributed by atoms with Gasteiger partial charge in [0.15, 0.2) is 0 Å². The molecule has 0 aromatic carbocycles. The van der Waals surface area contributed by atoms with Crippen molar-refractivity contribution in [2.45, 2.75) is 170 Å². The van der Waals surface area contributed by atoms with Crippen LogP contribution in [-0.2, 0) is 15.9 Å². The van der Waals surface area contributed by atoms with E-state index in [9.17, 15) is 0 Å². The van der Waals surface area contributed by atoms with E-state index in [-0.39, 0.29) is 31.8 Å². The van der Waals surface area contributed by atoms with Gasteiger partial charge in [0.1, 0.15) is 0 Å². The topological polar surface area (TPSA) is 0 Å². The Morgan fingerprint density at radius 1 is 0.531 bits per heavy atom. The van der Waals surface area contributed by atoms with Gasteiger partial charge in [-0.15, -0.1) is 0 Å². The molecule has 4 saturated carbocycles. The Kier molecular flexibility index (Phi) is 15.0. The summed E-state index contributed by atoms with van der Waals surface area (Å²) in [5, 5.41) is 1.19. The maximum absolute atomic E-state index is 4.81. The predicted molar refractivity (Wildman–Crippen MR) is 147 cm³/mol. The quantitative estimate of drug-likeness (QED) is 0.198. The fourth-order valence-corrected chi connectivity index (χ4v) is 19.0. The second kappa shape index (κ2) is 16.8. The second-order valence-corrected chi connectivity index (χ2v) is 19.7. The van der Waals surface area contributed by atoms with Crippen LogP contribution >= 0.6 is 34.9 Å². The fraction of sp³-hybridized carbons (Fsp3) is 1.00. The average molecular weight is 614 g/mol. The Morgan fingerprint density at radius 2 is 0.750 bits per heavy atom. The molecule has 0 bridgehead atoms.